The number of thioether (sulfide) groups is 1. The molecule has 1 N–H and O–H groups in total. The Labute approximate surface area is 135 Å². The molecular weight excluding hydrogens is 297 g/mol. The Hall–Kier alpha value is -1.81. The molecule has 0 radical (unpaired) electrons. The van der Waals surface area contributed by atoms with Crippen LogP contribution < -0.4 is 5.32 Å². The third-order valence-electron chi connectivity index (χ3n) is 3.42. The van der Waals surface area contributed by atoms with Crippen molar-refractivity contribution in [2.75, 3.05) is 5.32 Å². The molecule has 0 heterocycles. The van der Waals surface area contributed by atoms with Gasteiger partial charge in [-0.2, -0.15) is 0 Å². The number of carbonyl (C=O) groups excluding carboxylic acids is 1. The lowest BCUT2D eigenvalue weighted by Gasteiger charge is -2.16. The summed E-state index contributed by atoms with van der Waals surface area (Å²) < 4.78 is 12.9. The van der Waals surface area contributed by atoms with E-state index < -0.39 is 0 Å². The van der Waals surface area contributed by atoms with Crippen molar-refractivity contribution in [2.24, 2.45) is 0 Å². The molecule has 1 atom stereocenters. The van der Waals surface area contributed by atoms with Crippen LogP contribution in [0.1, 0.15) is 23.6 Å². The molecule has 0 fully saturated rings. The van der Waals surface area contributed by atoms with Crippen LogP contribution in [0, 0.1) is 26.6 Å². The number of amides is 1. The number of rotatable bonds is 4. The predicted molar refractivity (Wildman–Crippen MR) is 91.0 cm³/mol. The Morgan fingerprint density at radius 1 is 1.09 bits per heavy atom. The van der Waals surface area contributed by atoms with E-state index in [1.165, 1.54) is 29.5 Å². The molecule has 0 saturated carbocycles. The number of anilines is 1. The number of hydrogen-bond donors (Lipinski definition) is 1. The van der Waals surface area contributed by atoms with Crippen LogP contribution in [0.5, 0.6) is 0 Å². The summed E-state index contributed by atoms with van der Waals surface area (Å²) in [4.78, 5) is 13.2. The standard InChI is InChI=1S/C18H20FNOS/c1-11-9-12(2)17(13(3)10-11)20-18(21)14(4)22-16-7-5-15(19)6-8-16/h5-10,14H,1-4H3,(H,20,21)/t14-/m1/s1. The van der Waals surface area contributed by atoms with Gasteiger partial charge < -0.3 is 5.32 Å². The molecule has 2 rings (SSSR count). The van der Waals surface area contributed by atoms with E-state index in [0.717, 1.165) is 21.7 Å². The van der Waals surface area contributed by atoms with Crippen molar-refractivity contribution in [2.45, 2.75) is 37.8 Å². The highest BCUT2D eigenvalue weighted by Crippen LogP contribution is 2.26. The van der Waals surface area contributed by atoms with Gasteiger partial charge in [-0.3, -0.25) is 4.79 Å². The Kier molecular flexibility index (Phi) is 5.24. The maximum Gasteiger partial charge on any atom is 0.237 e. The molecule has 0 aromatic heterocycles. The first kappa shape index (κ1) is 16.6. The van der Waals surface area contributed by atoms with E-state index in [0.29, 0.717) is 0 Å². The molecule has 0 aliphatic rings. The second-order valence-corrected chi connectivity index (χ2v) is 6.89. The first-order valence-electron chi connectivity index (χ1n) is 7.18. The number of carbonyl (C=O) groups is 1. The van der Waals surface area contributed by atoms with E-state index >= 15 is 0 Å². The van der Waals surface area contributed by atoms with Gasteiger partial charge in [-0.1, -0.05) is 17.7 Å². The Balaban J connectivity index is 2.07. The van der Waals surface area contributed by atoms with E-state index in [9.17, 15) is 9.18 Å². The molecule has 2 nitrogen and oxygen atoms in total. The molecule has 0 bridgehead atoms. The Morgan fingerprint density at radius 2 is 1.64 bits per heavy atom. The van der Waals surface area contributed by atoms with E-state index in [2.05, 4.69) is 17.4 Å². The van der Waals surface area contributed by atoms with Gasteiger partial charge in [0, 0.05) is 10.6 Å². The smallest absolute Gasteiger partial charge is 0.237 e. The van der Waals surface area contributed by atoms with Gasteiger partial charge in [-0.25, -0.2) is 4.39 Å². The number of hydrogen-bond acceptors (Lipinski definition) is 2. The molecule has 0 aliphatic carbocycles. The number of halogens is 1. The normalized spacial score (nSPS) is 12.0. The second kappa shape index (κ2) is 6.97. The van der Waals surface area contributed by atoms with E-state index in [-0.39, 0.29) is 17.0 Å². The molecule has 2 aromatic carbocycles. The Morgan fingerprint density at radius 3 is 2.18 bits per heavy atom. The van der Waals surface area contributed by atoms with Crippen molar-refractivity contribution < 1.29 is 9.18 Å². The zero-order valence-electron chi connectivity index (χ0n) is 13.2. The fourth-order valence-electron chi connectivity index (χ4n) is 2.37. The maximum absolute atomic E-state index is 12.9. The van der Waals surface area contributed by atoms with Crippen molar-refractivity contribution in [1.29, 1.82) is 0 Å². The van der Waals surface area contributed by atoms with E-state index in [1.54, 1.807) is 12.1 Å². The summed E-state index contributed by atoms with van der Waals surface area (Å²) in [5, 5.41) is 2.74. The molecule has 0 unspecified atom stereocenters. The van der Waals surface area contributed by atoms with Gasteiger partial charge in [-0.15, -0.1) is 11.8 Å². The minimum Gasteiger partial charge on any atom is -0.325 e. The second-order valence-electron chi connectivity index (χ2n) is 5.48. The summed E-state index contributed by atoms with van der Waals surface area (Å²) in [5.74, 6) is -0.322. The summed E-state index contributed by atoms with van der Waals surface area (Å²) in [6, 6.07) is 10.3. The van der Waals surface area contributed by atoms with Crippen molar-refractivity contribution in [3.63, 3.8) is 0 Å². The molecule has 4 heteroatoms. The summed E-state index contributed by atoms with van der Waals surface area (Å²) >= 11 is 1.42. The van der Waals surface area contributed by atoms with Crippen LogP contribution in [0.4, 0.5) is 10.1 Å². The molecule has 22 heavy (non-hydrogen) atoms. The monoisotopic (exact) mass is 317 g/mol. The van der Waals surface area contributed by atoms with Gasteiger partial charge in [0.2, 0.25) is 5.91 Å². The zero-order valence-corrected chi connectivity index (χ0v) is 14.1. The molecular formula is C18H20FNOS. The molecule has 0 spiro atoms. The lowest BCUT2D eigenvalue weighted by Crippen LogP contribution is -2.23. The maximum atomic E-state index is 12.9. The molecule has 0 aliphatic heterocycles. The number of aryl methyl sites for hydroxylation is 3. The highest BCUT2D eigenvalue weighted by Gasteiger charge is 2.16. The lowest BCUT2D eigenvalue weighted by molar-refractivity contribution is -0.115. The topological polar surface area (TPSA) is 29.1 Å². The van der Waals surface area contributed by atoms with Crippen molar-refractivity contribution in [3.05, 3.63) is 58.9 Å². The van der Waals surface area contributed by atoms with Gasteiger partial charge in [0.1, 0.15) is 5.82 Å². The summed E-state index contributed by atoms with van der Waals surface area (Å²) in [6.07, 6.45) is 0. The first-order chi connectivity index (χ1) is 10.4. The van der Waals surface area contributed by atoms with E-state index in [1.807, 2.05) is 27.7 Å². The van der Waals surface area contributed by atoms with Crippen LogP contribution in [-0.4, -0.2) is 11.2 Å². The van der Waals surface area contributed by atoms with Gasteiger partial charge in [-0.05, 0) is 63.1 Å². The third kappa shape index (κ3) is 4.10. The van der Waals surface area contributed by atoms with Gasteiger partial charge in [0.15, 0.2) is 0 Å². The predicted octanol–water partition coefficient (Wildman–Crippen LogP) is 4.87. The minimum atomic E-state index is -0.271. The molecule has 116 valence electrons. The average Bonchev–Trinajstić information content (AvgIpc) is 2.45. The average molecular weight is 317 g/mol. The van der Waals surface area contributed by atoms with Crippen molar-refractivity contribution >= 4 is 23.4 Å². The van der Waals surface area contributed by atoms with Crippen LogP contribution >= 0.6 is 11.8 Å². The zero-order chi connectivity index (χ0) is 16.3. The van der Waals surface area contributed by atoms with E-state index in [4.69, 9.17) is 0 Å². The third-order valence-corrected chi connectivity index (χ3v) is 4.53. The quantitative estimate of drug-likeness (QED) is 0.815. The highest BCUT2D eigenvalue weighted by molar-refractivity contribution is 8.00. The van der Waals surface area contributed by atoms with Crippen LogP contribution in [0.25, 0.3) is 0 Å². The summed E-state index contributed by atoms with van der Waals surface area (Å²) in [5.41, 5.74) is 4.18. The van der Waals surface area contributed by atoms with Crippen LogP contribution in [0.15, 0.2) is 41.3 Å². The summed E-state index contributed by atoms with van der Waals surface area (Å²) in [6.45, 7) is 7.88. The summed E-state index contributed by atoms with van der Waals surface area (Å²) in [7, 11) is 0. The fourth-order valence-corrected chi connectivity index (χ4v) is 3.24. The highest BCUT2D eigenvalue weighted by atomic mass is 32.2. The number of benzene rings is 2. The molecule has 2 aromatic rings. The van der Waals surface area contributed by atoms with Gasteiger partial charge in [0.05, 0.1) is 5.25 Å². The van der Waals surface area contributed by atoms with Gasteiger partial charge in [0.25, 0.3) is 0 Å². The first-order valence-corrected chi connectivity index (χ1v) is 8.05. The van der Waals surface area contributed by atoms with Crippen LogP contribution in [0.2, 0.25) is 0 Å². The molecule has 0 saturated heterocycles. The van der Waals surface area contributed by atoms with Crippen molar-refractivity contribution in [1.82, 2.24) is 0 Å². The number of nitrogens with one attached hydrogen (secondary N) is 1. The van der Waals surface area contributed by atoms with Crippen LogP contribution in [-0.2, 0) is 4.79 Å². The molecule has 1 amide bonds. The van der Waals surface area contributed by atoms with Crippen molar-refractivity contribution in [3.8, 4) is 0 Å². The Bertz CT molecular complexity index is 659. The fraction of sp³-hybridized carbons (Fsp3) is 0.278. The van der Waals surface area contributed by atoms with Gasteiger partial charge >= 0.3 is 0 Å². The SMILES string of the molecule is Cc1cc(C)c(NC(=O)[C@@H](C)Sc2ccc(F)cc2)c(C)c1. The largest absolute Gasteiger partial charge is 0.325 e. The minimum absolute atomic E-state index is 0.0515. The lowest BCUT2D eigenvalue weighted by atomic mass is 10.1. The van der Waals surface area contributed by atoms with Crippen LogP contribution in [0.3, 0.4) is 0 Å².